The van der Waals surface area contributed by atoms with Gasteiger partial charge in [0.2, 0.25) is 5.91 Å². The zero-order valence-electron chi connectivity index (χ0n) is 14.5. The number of halogens is 1. The van der Waals surface area contributed by atoms with Crippen LogP contribution < -0.4 is 11.3 Å². The largest absolute Gasteiger partial charge is 0.370 e. The number of benzene rings is 1. The van der Waals surface area contributed by atoms with Gasteiger partial charge in [0.15, 0.2) is 0 Å². The van der Waals surface area contributed by atoms with Crippen molar-refractivity contribution < 1.29 is 4.79 Å². The molecule has 5 nitrogen and oxygen atoms in total. The highest BCUT2D eigenvalue weighted by Crippen LogP contribution is 2.31. The number of rotatable bonds is 7. The molecule has 0 aliphatic heterocycles. The van der Waals surface area contributed by atoms with E-state index in [1.807, 2.05) is 29.6 Å². The first-order valence-electron chi connectivity index (χ1n) is 8.56. The van der Waals surface area contributed by atoms with E-state index in [1.54, 1.807) is 4.57 Å². The number of primary amides is 1. The zero-order valence-corrected chi connectivity index (χ0v) is 16.1. The lowest BCUT2D eigenvalue weighted by Gasteiger charge is -2.12. The summed E-state index contributed by atoms with van der Waals surface area (Å²) in [7, 11) is 0. The molecule has 0 fully saturated rings. The van der Waals surface area contributed by atoms with Crippen molar-refractivity contribution in [2.24, 2.45) is 5.73 Å². The molecule has 0 saturated heterocycles. The molecule has 1 amide bonds. The number of carbonyl (C=O) groups excluding carboxylic acids is 1. The number of fused-ring (bicyclic) bond motifs is 1. The minimum atomic E-state index is -0.360. The highest BCUT2D eigenvalue weighted by molar-refractivity contribution is 7.17. The Balaban J connectivity index is 2.11. The number of hydrogen-bond acceptors (Lipinski definition) is 4. The van der Waals surface area contributed by atoms with Crippen LogP contribution in [0, 0.1) is 0 Å². The Morgan fingerprint density at radius 1 is 1.31 bits per heavy atom. The molecule has 1 aromatic carbocycles. The second-order valence-corrected chi connectivity index (χ2v) is 7.44. The zero-order chi connectivity index (χ0) is 18.7. The summed E-state index contributed by atoms with van der Waals surface area (Å²) in [6, 6.07) is 7.43. The maximum Gasteiger partial charge on any atom is 0.262 e. The molecule has 3 aromatic rings. The molecule has 0 bridgehead atoms. The molecule has 2 heterocycles. The summed E-state index contributed by atoms with van der Waals surface area (Å²) in [6.07, 6.45) is 2.39. The van der Waals surface area contributed by atoms with E-state index in [0.717, 1.165) is 34.6 Å². The van der Waals surface area contributed by atoms with Gasteiger partial charge in [0.1, 0.15) is 10.7 Å². The molecular weight excluding hydrogens is 370 g/mol. The average molecular weight is 390 g/mol. The van der Waals surface area contributed by atoms with Gasteiger partial charge in [0.05, 0.1) is 5.39 Å². The van der Waals surface area contributed by atoms with Gasteiger partial charge in [0.25, 0.3) is 5.56 Å². The molecular formula is C19H20ClN3O2S. The minimum absolute atomic E-state index is 0.0610. The number of aryl methyl sites for hydroxylation is 1. The normalized spacial score (nSPS) is 11.2. The smallest absolute Gasteiger partial charge is 0.262 e. The number of nitrogens with zero attached hydrogens (tertiary/aromatic N) is 2. The third-order valence-corrected chi connectivity index (χ3v) is 5.33. The van der Waals surface area contributed by atoms with E-state index < -0.39 is 0 Å². The van der Waals surface area contributed by atoms with E-state index in [2.05, 4.69) is 6.92 Å². The van der Waals surface area contributed by atoms with Crippen LogP contribution in [-0.2, 0) is 17.8 Å². The molecule has 2 N–H and O–H groups in total. The van der Waals surface area contributed by atoms with Crippen LogP contribution in [0.25, 0.3) is 21.3 Å². The van der Waals surface area contributed by atoms with Crippen molar-refractivity contribution >= 4 is 39.1 Å². The monoisotopic (exact) mass is 389 g/mol. The van der Waals surface area contributed by atoms with Crippen LogP contribution in [0.3, 0.4) is 0 Å². The molecule has 0 atom stereocenters. The third-order valence-electron chi connectivity index (χ3n) is 4.21. The Morgan fingerprint density at radius 2 is 2.04 bits per heavy atom. The van der Waals surface area contributed by atoms with Crippen LogP contribution in [0.5, 0.6) is 0 Å². The van der Waals surface area contributed by atoms with Crippen LogP contribution in [0.2, 0.25) is 5.02 Å². The second-order valence-electron chi connectivity index (χ2n) is 6.14. The van der Waals surface area contributed by atoms with Crippen molar-refractivity contribution in [2.75, 3.05) is 0 Å². The van der Waals surface area contributed by atoms with E-state index in [1.165, 1.54) is 11.3 Å². The number of amides is 1. The van der Waals surface area contributed by atoms with Gasteiger partial charge in [-0.1, -0.05) is 30.7 Å². The van der Waals surface area contributed by atoms with E-state index >= 15 is 0 Å². The first kappa shape index (κ1) is 18.6. The lowest BCUT2D eigenvalue weighted by atomic mass is 10.1. The van der Waals surface area contributed by atoms with Gasteiger partial charge in [-0.15, -0.1) is 11.3 Å². The number of carbonyl (C=O) groups is 1. The Labute approximate surface area is 160 Å². The summed E-state index contributed by atoms with van der Waals surface area (Å²) in [5, 5.41) is 3.24. The predicted molar refractivity (Wildman–Crippen MR) is 107 cm³/mol. The number of aromatic nitrogens is 2. The van der Waals surface area contributed by atoms with E-state index in [9.17, 15) is 9.59 Å². The van der Waals surface area contributed by atoms with Gasteiger partial charge in [-0.25, -0.2) is 4.98 Å². The molecule has 0 aliphatic carbocycles. The lowest BCUT2D eigenvalue weighted by molar-refractivity contribution is -0.118. The molecule has 0 radical (unpaired) electrons. The van der Waals surface area contributed by atoms with Gasteiger partial charge in [-0.3, -0.25) is 14.2 Å². The maximum absolute atomic E-state index is 13.2. The quantitative estimate of drug-likeness (QED) is 0.663. The Bertz CT molecular complexity index is 992. The van der Waals surface area contributed by atoms with Crippen molar-refractivity contribution in [3.05, 3.63) is 50.8 Å². The minimum Gasteiger partial charge on any atom is -0.370 e. The molecule has 0 spiro atoms. The summed E-state index contributed by atoms with van der Waals surface area (Å²) < 4.78 is 1.70. The predicted octanol–water partition coefficient (Wildman–Crippen LogP) is 4.00. The summed E-state index contributed by atoms with van der Waals surface area (Å²) in [5.74, 6) is 0.403. The van der Waals surface area contributed by atoms with Crippen molar-refractivity contribution in [3.8, 4) is 11.1 Å². The Hall–Kier alpha value is -2.18. The van der Waals surface area contributed by atoms with Crippen LogP contribution in [-0.4, -0.2) is 15.5 Å². The van der Waals surface area contributed by atoms with E-state index in [-0.39, 0.29) is 17.9 Å². The summed E-state index contributed by atoms with van der Waals surface area (Å²) in [5.41, 5.74) is 6.97. The van der Waals surface area contributed by atoms with Crippen molar-refractivity contribution in [1.29, 1.82) is 0 Å². The van der Waals surface area contributed by atoms with Crippen molar-refractivity contribution in [3.63, 3.8) is 0 Å². The lowest BCUT2D eigenvalue weighted by Crippen LogP contribution is -2.26. The average Bonchev–Trinajstić information content (AvgIpc) is 3.02. The molecule has 7 heteroatoms. The summed E-state index contributed by atoms with van der Waals surface area (Å²) in [4.78, 5) is 29.7. The van der Waals surface area contributed by atoms with Gasteiger partial charge < -0.3 is 5.73 Å². The van der Waals surface area contributed by atoms with Gasteiger partial charge >= 0.3 is 0 Å². The van der Waals surface area contributed by atoms with Crippen molar-refractivity contribution in [2.45, 2.75) is 39.2 Å². The maximum atomic E-state index is 13.2. The molecule has 0 aliphatic rings. The molecule has 0 unspecified atom stereocenters. The highest BCUT2D eigenvalue weighted by atomic mass is 35.5. The first-order valence-corrected chi connectivity index (χ1v) is 9.82. The van der Waals surface area contributed by atoms with E-state index in [4.69, 9.17) is 22.3 Å². The van der Waals surface area contributed by atoms with Crippen LogP contribution in [0.15, 0.2) is 34.4 Å². The van der Waals surface area contributed by atoms with Gasteiger partial charge in [0, 0.05) is 35.4 Å². The standard InChI is InChI=1S/C19H20ClN3O2S/c1-2-4-16-22-18-17(19(25)23(16)10-3-5-15(21)24)14(11-26-18)12-6-8-13(20)9-7-12/h6-9,11H,2-5,10H2,1H3,(H2,21,24). The number of hydrogen-bond donors (Lipinski definition) is 1. The van der Waals surface area contributed by atoms with Crippen LogP contribution in [0.4, 0.5) is 0 Å². The molecule has 0 saturated carbocycles. The third kappa shape index (κ3) is 3.81. The number of nitrogens with two attached hydrogens (primary N) is 1. The van der Waals surface area contributed by atoms with Gasteiger partial charge in [-0.05, 0) is 30.5 Å². The first-order chi connectivity index (χ1) is 12.5. The van der Waals surface area contributed by atoms with Gasteiger partial charge in [-0.2, -0.15) is 0 Å². The summed E-state index contributed by atoms with van der Waals surface area (Å²) >= 11 is 7.45. The number of thiophene rings is 1. The Morgan fingerprint density at radius 3 is 2.69 bits per heavy atom. The van der Waals surface area contributed by atoms with Crippen LogP contribution >= 0.6 is 22.9 Å². The molecule has 136 valence electrons. The molecule has 26 heavy (non-hydrogen) atoms. The second kappa shape index (κ2) is 8.01. The Kier molecular flexibility index (Phi) is 5.74. The van der Waals surface area contributed by atoms with E-state index in [0.29, 0.717) is 23.4 Å². The molecule has 3 rings (SSSR count). The fraction of sp³-hybridized carbons (Fsp3) is 0.316. The summed E-state index contributed by atoms with van der Waals surface area (Å²) in [6.45, 7) is 2.49. The van der Waals surface area contributed by atoms with Crippen LogP contribution in [0.1, 0.15) is 32.0 Å². The SMILES string of the molecule is CCCc1nc2scc(-c3ccc(Cl)cc3)c2c(=O)n1CCCC(N)=O. The fourth-order valence-corrected chi connectivity index (χ4v) is 4.05. The fourth-order valence-electron chi connectivity index (χ4n) is 2.96. The highest BCUT2D eigenvalue weighted by Gasteiger charge is 2.16. The van der Waals surface area contributed by atoms with Crippen molar-refractivity contribution in [1.82, 2.24) is 9.55 Å². The topological polar surface area (TPSA) is 78.0 Å². The molecule has 2 aromatic heterocycles.